The molecule has 13 aromatic carbocycles. The average molecular weight is 2460 g/mol. The predicted octanol–water partition coefficient (Wildman–Crippen LogP) is 38.2. The van der Waals surface area contributed by atoms with E-state index < -0.39 is 26.8 Å². The molecule has 11 nitrogen and oxygen atoms in total. The molecule has 6 heterocycles. The molecule has 0 aliphatic carbocycles. The van der Waals surface area contributed by atoms with Crippen molar-refractivity contribution in [1.82, 2.24) is 0 Å². The summed E-state index contributed by atoms with van der Waals surface area (Å²) in [6, 6.07) is 95.8. The predicted molar refractivity (Wildman–Crippen MR) is 671 cm³/mol. The van der Waals surface area contributed by atoms with Crippen molar-refractivity contribution in [3.63, 3.8) is 0 Å². The maximum Gasteiger partial charge on any atom is 0.496 e. The van der Waals surface area contributed by atoms with E-state index in [0.29, 0.717) is 8.95 Å². The first-order valence-electron chi connectivity index (χ1n) is 42.9. The van der Waals surface area contributed by atoms with Crippen LogP contribution in [0.3, 0.4) is 0 Å². The third-order valence-electron chi connectivity index (χ3n) is 25.6. The number of carbonyl (C=O) groups is 2. The largest absolute Gasteiger partial charge is 0.496 e. The van der Waals surface area contributed by atoms with Crippen LogP contribution in [0.1, 0.15) is 134 Å². The van der Waals surface area contributed by atoms with E-state index in [2.05, 4.69) is 423 Å². The molecule has 0 radical (unpaired) electrons. The molecule has 0 bridgehead atoms. The highest BCUT2D eigenvalue weighted by Gasteiger charge is 2.54. The Balaban J connectivity index is 0.000000149. The number of carbonyl (C=O) groups excluding carboxylic acids is 2. The molecular formula is C95H106BBr2N3O8P26S2. The second-order valence-corrected chi connectivity index (χ2v) is 145. The first-order chi connectivity index (χ1) is 64.8. The van der Waals surface area contributed by atoms with Crippen molar-refractivity contribution in [3.8, 4) is 22.3 Å². The van der Waals surface area contributed by atoms with Gasteiger partial charge in [-0.2, -0.15) is 0 Å². The van der Waals surface area contributed by atoms with Crippen LogP contribution in [0.2, 0.25) is 0 Å². The Bertz CT molecular complexity index is 6660. The number of para-hydroxylation sites is 9. The van der Waals surface area contributed by atoms with Crippen LogP contribution in [0.25, 0.3) is 22.3 Å². The van der Waals surface area contributed by atoms with E-state index in [1.165, 1.54) is 56.9 Å². The van der Waals surface area contributed by atoms with Crippen LogP contribution in [0.4, 0.5) is 51.2 Å². The zero-order valence-corrected chi connectivity index (χ0v) is 108. The van der Waals surface area contributed by atoms with Crippen molar-refractivity contribution in [3.05, 3.63) is 356 Å². The molecule has 6 aliphatic heterocycles. The molecule has 0 spiro atoms. The first-order valence-corrected chi connectivity index (χ1v) is 94.0. The van der Waals surface area contributed by atoms with E-state index in [0.717, 1.165) is 67.5 Å². The van der Waals surface area contributed by atoms with Gasteiger partial charge >= 0.3 is 7.12 Å². The van der Waals surface area contributed by atoms with Gasteiger partial charge < -0.3 is 24.0 Å². The van der Waals surface area contributed by atoms with E-state index in [9.17, 15) is 26.4 Å². The molecule has 15 atom stereocenters. The monoisotopic (exact) mass is 2450 g/mol. The summed E-state index contributed by atoms with van der Waals surface area (Å²) in [7, 11) is 37.3. The van der Waals surface area contributed by atoms with Crippen molar-refractivity contribution in [2.24, 2.45) is 0 Å². The van der Waals surface area contributed by atoms with Gasteiger partial charge in [0.05, 0.1) is 76.3 Å². The minimum atomic E-state index is -4.02. The molecule has 15 unspecified atom stereocenters. The normalized spacial score (nSPS) is 16.8. The van der Waals surface area contributed by atoms with Crippen LogP contribution in [-0.4, -0.2) is 46.7 Å². The quantitative estimate of drug-likeness (QED) is 0.0638. The van der Waals surface area contributed by atoms with E-state index in [1.54, 1.807) is 48.5 Å². The van der Waals surface area contributed by atoms with Crippen molar-refractivity contribution >= 4 is 336 Å². The number of sulfone groups is 2. The summed E-state index contributed by atoms with van der Waals surface area (Å²) in [6.07, 6.45) is 0. The van der Waals surface area contributed by atoms with E-state index in [1.807, 2.05) is 48.5 Å². The number of rotatable bonds is 17. The fraction of sp³-hybridized carbons (Fsp3) is 0.158. The number of nitrogens with zero attached hydrogens (tertiary/aromatic N) is 3. The third-order valence-corrected chi connectivity index (χ3v) is 197. The molecule has 0 saturated carbocycles. The maximum atomic E-state index is 14.8. The number of fused-ring (bicyclic) bond motifs is 10. The summed E-state index contributed by atoms with van der Waals surface area (Å²) in [6.45, 7) is 22.3. The molecule has 6 aliphatic rings. The van der Waals surface area contributed by atoms with Gasteiger partial charge in [-0.1, -0.05) is 249 Å². The molecule has 708 valence electrons. The van der Waals surface area contributed by atoms with Gasteiger partial charge in [0.1, 0.15) is 0 Å². The van der Waals surface area contributed by atoms with Crippen molar-refractivity contribution in [2.75, 3.05) is 14.7 Å². The summed E-state index contributed by atoms with van der Waals surface area (Å²) in [4.78, 5) is 34.4. The fourth-order valence-corrected chi connectivity index (χ4v) is 357. The maximum absolute atomic E-state index is 14.8. The highest BCUT2D eigenvalue weighted by molar-refractivity contribution is 9.41. The smallest absolute Gasteiger partial charge is 0.399 e. The lowest BCUT2D eigenvalue weighted by Crippen LogP contribution is -2.41. The number of halogens is 2. The summed E-state index contributed by atoms with van der Waals surface area (Å²) < 4.78 is 68.1. The van der Waals surface area contributed by atoms with Crippen LogP contribution in [0.5, 0.6) is 0 Å². The second-order valence-electron chi connectivity index (χ2n) is 35.5. The van der Waals surface area contributed by atoms with Crippen LogP contribution >= 0.6 is 241 Å². The fourth-order valence-electron chi connectivity index (χ4n) is 18.4. The van der Waals surface area contributed by atoms with Gasteiger partial charge in [0.15, 0.2) is 11.6 Å². The molecule has 137 heavy (non-hydrogen) atoms. The molecule has 0 amide bonds. The lowest BCUT2D eigenvalue weighted by Gasteiger charge is -2.50. The van der Waals surface area contributed by atoms with Gasteiger partial charge in [0.2, 0.25) is 19.7 Å². The molecule has 13 aromatic rings. The Morgan fingerprint density at radius 3 is 0.774 bits per heavy atom. The van der Waals surface area contributed by atoms with Crippen LogP contribution in [0.15, 0.2) is 320 Å². The van der Waals surface area contributed by atoms with Crippen LogP contribution in [-0.2, 0) is 45.2 Å². The van der Waals surface area contributed by atoms with Gasteiger partial charge in [-0.05, 0) is 271 Å². The minimum Gasteiger partial charge on any atom is -0.399 e. The summed E-state index contributed by atoms with van der Waals surface area (Å²) in [5.41, 5.74) is 21.0. The van der Waals surface area contributed by atoms with Gasteiger partial charge in [-0.3, -0.25) is 9.59 Å². The minimum absolute atomic E-state index is 0.0193. The topological polar surface area (TPSA) is 131 Å². The summed E-state index contributed by atoms with van der Waals surface area (Å²) >= 11 is 6.51. The van der Waals surface area contributed by atoms with Gasteiger partial charge in [0.25, 0.3) is 0 Å². The van der Waals surface area contributed by atoms with Crippen LogP contribution < -0.4 is 20.2 Å². The second kappa shape index (κ2) is 44.9. The number of hydrogen-bond acceptors (Lipinski definition) is 11. The number of hydrogen-bond donors (Lipinski definition) is 0. The Hall–Kier alpha value is 0.625. The number of ketones is 2. The zero-order valence-electron chi connectivity index (χ0n) is 76.4. The van der Waals surface area contributed by atoms with E-state index in [4.69, 9.17) is 9.31 Å². The molecular weight excluding hydrogens is 2350 g/mol. The van der Waals surface area contributed by atoms with Crippen molar-refractivity contribution in [2.45, 2.75) is 116 Å². The summed E-state index contributed by atoms with van der Waals surface area (Å²) in [5, 5.41) is 0. The molecule has 1 fully saturated rings. The van der Waals surface area contributed by atoms with Gasteiger partial charge in [-0.25, -0.2) is 16.8 Å². The van der Waals surface area contributed by atoms with Gasteiger partial charge in [0, 0.05) is 69.7 Å². The zero-order chi connectivity index (χ0) is 98.6. The highest BCUT2D eigenvalue weighted by Crippen LogP contribution is 3.36. The van der Waals surface area contributed by atoms with Crippen LogP contribution in [0, 0.1) is 0 Å². The number of benzene rings is 13. The SMILES string of the molecule is CC1(C)c2ccccc2N(c2ccccc2-c2ccc3c(c2)C(=O)c2cc(-c4ccccc4N4c5ccccc5C(C)(C)c5ccccc54)ccc2S3(=O)=O)c2ccccc21.CC1(C)c2ccccc2N(c2ccccc2B2OC(C)(C)C(C)(C)O2)c2ccccc21.O=C1c2cc(Br)ccc2S(=O)(=O)c2ccc(Br)cc21.PP(P)P(P(P)P)P(P(P)P)P(P(P(P)P)P(P)P)P(P(P)P)P(P)P. The lowest BCUT2D eigenvalue weighted by atomic mass is 9.72. The standard InChI is InChI=1S/C55H42N2O3S.C27H30BNO2.C13H6Br2O3S.H28P26/c1-54(2)41-19-7-13-25-47(41)56(48-26-14-8-20-42(48)54)45-23-11-5-17-37(45)35-29-31-51-39(33-35)53(58)40-34-36(30-32-52(40)61(51,59)60)38-18-6-12-24-46(38)57-49-27-15-9-21-43(49)55(3,4)44-22-10-16-28-50(44)57;1-25(2)19-13-7-10-16-22(19)29(23-17-11-8-14-20(23)25)24-18-12-9-15-21(24)28-30-26(3,4)27(5,6)31-28;14-7-1-3-11-9(5-7)13(16)10-6-8(15)2-4-12(10)19(11,17)18;1-15(2)22(16(3)4)25(21(13)14)26(23(17(5)6)18(7)8)24(19(9)10)20(11)12/h5-34H,1-4H3;7-18H,1-6H3;1-6H;1-14H2. The molecule has 0 aromatic heterocycles. The van der Waals surface area contributed by atoms with E-state index in [-0.39, 0.29) is 165 Å². The Morgan fingerprint density at radius 2 is 0.489 bits per heavy atom. The van der Waals surface area contributed by atoms with Gasteiger partial charge in [-0.15, -0.1) is 125 Å². The molecule has 1 saturated heterocycles. The average Bonchev–Trinajstić information content (AvgIpc) is 0.932. The highest BCUT2D eigenvalue weighted by atomic mass is 79.9. The number of anilines is 9. The Labute approximate surface area is 871 Å². The van der Waals surface area contributed by atoms with Crippen molar-refractivity contribution < 1.29 is 35.7 Å². The van der Waals surface area contributed by atoms with E-state index >= 15 is 0 Å². The Kier molecular flexibility index (Phi) is 36.1. The first kappa shape index (κ1) is 110. The summed E-state index contributed by atoms with van der Waals surface area (Å²) in [5.74, 6) is -0.591. The molecule has 0 N–H and O–H groups in total. The molecule has 42 heteroatoms. The third kappa shape index (κ3) is 21.6. The van der Waals surface area contributed by atoms with Crippen molar-refractivity contribution in [1.29, 1.82) is 0 Å². The Morgan fingerprint density at radius 1 is 0.263 bits per heavy atom. The lowest BCUT2D eigenvalue weighted by molar-refractivity contribution is 0.00578. The molecule has 19 rings (SSSR count).